The summed E-state index contributed by atoms with van der Waals surface area (Å²) in [7, 11) is 3.54. The third-order valence-corrected chi connectivity index (χ3v) is 7.81. The van der Waals surface area contributed by atoms with Gasteiger partial charge >= 0.3 is 0 Å². The van der Waals surface area contributed by atoms with Gasteiger partial charge in [0.1, 0.15) is 17.2 Å². The van der Waals surface area contributed by atoms with Crippen LogP contribution in [0.15, 0.2) is 30.5 Å². The Hall–Kier alpha value is -3.20. The lowest BCUT2D eigenvalue weighted by Gasteiger charge is -2.50. The summed E-state index contributed by atoms with van der Waals surface area (Å²) < 4.78 is 17.1. The van der Waals surface area contributed by atoms with Gasteiger partial charge < -0.3 is 25.0 Å². The van der Waals surface area contributed by atoms with E-state index in [2.05, 4.69) is 38.9 Å². The number of fused-ring (bicyclic) bond motifs is 1. The molecule has 3 heterocycles. The van der Waals surface area contributed by atoms with Crippen LogP contribution in [0.2, 0.25) is 0 Å². The summed E-state index contributed by atoms with van der Waals surface area (Å²) in [6.07, 6.45) is 4.79. The smallest absolute Gasteiger partial charge is 0.270 e. The number of rotatable bonds is 6. The number of benzene rings is 1. The van der Waals surface area contributed by atoms with E-state index in [9.17, 15) is 9.18 Å². The molecule has 2 aromatic heterocycles. The lowest BCUT2D eigenvalue weighted by atomic mass is 9.65. The summed E-state index contributed by atoms with van der Waals surface area (Å²) >= 11 is 0. The van der Waals surface area contributed by atoms with Crippen LogP contribution in [0.25, 0.3) is 11.0 Å². The molecule has 0 radical (unpaired) electrons. The zero-order valence-electron chi connectivity index (χ0n) is 20.9. The Kier molecular flexibility index (Phi) is 6.13. The topological polar surface area (TPSA) is 78.3 Å². The van der Waals surface area contributed by atoms with Crippen molar-refractivity contribution in [3.63, 3.8) is 0 Å². The van der Waals surface area contributed by atoms with Crippen LogP contribution in [-0.2, 0) is 5.54 Å². The van der Waals surface area contributed by atoms with E-state index in [1.54, 1.807) is 31.3 Å². The predicted octanol–water partition coefficient (Wildman–Crippen LogP) is 3.96. The van der Waals surface area contributed by atoms with E-state index in [0.717, 1.165) is 56.5 Å². The van der Waals surface area contributed by atoms with E-state index in [4.69, 9.17) is 4.98 Å². The molecule has 1 saturated carbocycles. The summed E-state index contributed by atoms with van der Waals surface area (Å²) in [6, 6.07) is 7.05. The molecule has 1 saturated heterocycles. The maximum Gasteiger partial charge on any atom is 0.270 e. The van der Waals surface area contributed by atoms with Crippen molar-refractivity contribution < 1.29 is 9.18 Å². The maximum atomic E-state index is 14.9. The Morgan fingerprint density at radius 1 is 1.29 bits per heavy atom. The second-order valence-corrected chi connectivity index (χ2v) is 9.96. The third-order valence-electron chi connectivity index (χ3n) is 7.81. The molecule has 3 aromatic rings. The first-order chi connectivity index (χ1) is 16.8. The highest BCUT2D eigenvalue weighted by molar-refractivity contribution is 5.98. The van der Waals surface area contributed by atoms with Crippen molar-refractivity contribution in [2.45, 2.75) is 38.6 Å². The van der Waals surface area contributed by atoms with Crippen LogP contribution in [0, 0.1) is 11.7 Å². The Morgan fingerprint density at radius 2 is 2.06 bits per heavy atom. The third kappa shape index (κ3) is 4.01. The van der Waals surface area contributed by atoms with Gasteiger partial charge in [-0.3, -0.25) is 4.79 Å². The van der Waals surface area contributed by atoms with E-state index >= 15 is 0 Å². The van der Waals surface area contributed by atoms with Gasteiger partial charge in [0.25, 0.3) is 5.91 Å². The highest BCUT2D eigenvalue weighted by Gasteiger charge is 2.46. The number of carbonyl (C=O) groups excluding carboxylic acids is 1. The van der Waals surface area contributed by atoms with E-state index in [1.165, 1.54) is 6.07 Å². The largest absolute Gasteiger partial charge is 0.367 e. The minimum absolute atomic E-state index is 0.0463. The van der Waals surface area contributed by atoms with Crippen molar-refractivity contribution in [3.8, 4) is 0 Å². The molecule has 1 aromatic carbocycles. The molecular weight excluding hydrogens is 445 g/mol. The fourth-order valence-corrected chi connectivity index (χ4v) is 5.54. The molecule has 2 N–H and O–H groups in total. The van der Waals surface area contributed by atoms with Crippen molar-refractivity contribution in [1.29, 1.82) is 0 Å². The second kappa shape index (κ2) is 9.11. The van der Waals surface area contributed by atoms with Gasteiger partial charge in [-0.15, -0.1) is 0 Å². The van der Waals surface area contributed by atoms with Crippen LogP contribution in [0.4, 0.5) is 21.7 Å². The van der Waals surface area contributed by atoms with Crippen LogP contribution >= 0.6 is 0 Å². The Labute approximate surface area is 205 Å². The monoisotopic (exact) mass is 479 g/mol. The summed E-state index contributed by atoms with van der Waals surface area (Å²) in [4.78, 5) is 26.1. The number of amides is 1. The summed E-state index contributed by atoms with van der Waals surface area (Å²) in [5, 5.41) is 7.29. The minimum Gasteiger partial charge on any atom is -0.367 e. The normalized spacial score (nSPS) is 22.2. The standard InChI is InChI=1S/C26H34FN7O/c1-5-26(9-8-17(26)2)34-22(24(35)32(3)4)14-18-16-29-25(31-23(18)34)30-19-6-7-21(20(27)15-19)33-12-10-28-11-13-33/h6-7,14-17,28H,5,8-13H2,1-4H3,(H,29,30,31)/t17-,26?/m1/s1. The van der Waals surface area contributed by atoms with Crippen molar-refractivity contribution in [3.05, 3.63) is 42.0 Å². The van der Waals surface area contributed by atoms with Gasteiger partial charge in [0.15, 0.2) is 0 Å². The van der Waals surface area contributed by atoms with Gasteiger partial charge in [-0.1, -0.05) is 13.8 Å². The Balaban J connectivity index is 1.51. The first-order valence-electron chi connectivity index (χ1n) is 12.5. The molecule has 1 aliphatic heterocycles. The molecule has 8 nitrogen and oxygen atoms in total. The highest BCUT2D eigenvalue weighted by atomic mass is 19.1. The van der Waals surface area contributed by atoms with Gasteiger partial charge in [-0.05, 0) is 49.4 Å². The molecule has 0 bridgehead atoms. The summed E-state index contributed by atoms with van der Waals surface area (Å²) in [5.74, 6) is 0.506. The van der Waals surface area contributed by atoms with Crippen LogP contribution in [0.3, 0.4) is 0 Å². The minimum atomic E-state index is -0.270. The molecule has 5 rings (SSSR count). The van der Waals surface area contributed by atoms with Crippen LogP contribution in [0.5, 0.6) is 0 Å². The van der Waals surface area contributed by atoms with Crippen molar-refractivity contribution in [2.75, 3.05) is 50.5 Å². The van der Waals surface area contributed by atoms with E-state index in [-0.39, 0.29) is 17.3 Å². The highest BCUT2D eigenvalue weighted by Crippen LogP contribution is 2.49. The molecule has 9 heteroatoms. The van der Waals surface area contributed by atoms with E-state index in [0.29, 0.717) is 28.9 Å². The average molecular weight is 480 g/mol. The lowest BCUT2D eigenvalue weighted by molar-refractivity contribution is 0.0488. The Morgan fingerprint density at radius 3 is 2.66 bits per heavy atom. The van der Waals surface area contributed by atoms with Crippen LogP contribution in [-0.4, -0.2) is 65.6 Å². The second-order valence-electron chi connectivity index (χ2n) is 9.96. The van der Waals surface area contributed by atoms with E-state index < -0.39 is 0 Å². The number of nitrogens with zero attached hydrogens (tertiary/aromatic N) is 5. The first-order valence-corrected chi connectivity index (χ1v) is 12.5. The number of hydrogen-bond donors (Lipinski definition) is 2. The zero-order valence-corrected chi connectivity index (χ0v) is 20.9. The van der Waals surface area contributed by atoms with Gasteiger partial charge in [0.05, 0.1) is 5.69 Å². The average Bonchev–Trinajstić information content (AvgIpc) is 3.23. The molecular formula is C26H34FN7O. The van der Waals surface area contributed by atoms with Crippen molar-refractivity contribution in [1.82, 2.24) is 24.8 Å². The zero-order chi connectivity index (χ0) is 24.7. The van der Waals surface area contributed by atoms with Gasteiger partial charge in [-0.2, -0.15) is 4.98 Å². The molecule has 35 heavy (non-hydrogen) atoms. The molecule has 2 aliphatic rings. The molecule has 1 amide bonds. The molecule has 2 fully saturated rings. The van der Waals surface area contributed by atoms with Gasteiger partial charge in [-0.25, -0.2) is 9.37 Å². The van der Waals surface area contributed by atoms with Crippen molar-refractivity contribution in [2.24, 2.45) is 5.92 Å². The fraction of sp³-hybridized carbons (Fsp3) is 0.500. The summed E-state index contributed by atoms with van der Waals surface area (Å²) in [5.41, 5.74) is 2.42. The number of anilines is 3. The van der Waals surface area contributed by atoms with Gasteiger partial charge in [0, 0.05) is 63.1 Å². The maximum absolute atomic E-state index is 14.9. The number of nitrogens with one attached hydrogen (secondary N) is 2. The summed E-state index contributed by atoms with van der Waals surface area (Å²) in [6.45, 7) is 7.69. The molecule has 0 spiro atoms. The molecule has 186 valence electrons. The van der Waals surface area contributed by atoms with Crippen LogP contribution < -0.4 is 15.5 Å². The lowest BCUT2D eigenvalue weighted by Crippen LogP contribution is -2.49. The first kappa shape index (κ1) is 23.5. The predicted molar refractivity (Wildman–Crippen MR) is 137 cm³/mol. The number of carbonyl (C=O) groups is 1. The van der Waals surface area contributed by atoms with E-state index in [1.807, 2.05) is 12.1 Å². The molecule has 1 aliphatic carbocycles. The fourth-order valence-electron chi connectivity index (χ4n) is 5.54. The SMILES string of the molecule is CCC1(n2c(C(=O)N(C)C)cc3cnc(Nc4ccc(N5CCNCC5)c(F)c4)nc32)CC[C@H]1C. The molecule has 1 unspecified atom stereocenters. The Bertz CT molecular complexity index is 1250. The quantitative estimate of drug-likeness (QED) is 0.557. The van der Waals surface area contributed by atoms with Crippen LogP contribution in [0.1, 0.15) is 43.6 Å². The van der Waals surface area contributed by atoms with Crippen molar-refractivity contribution >= 4 is 34.3 Å². The number of hydrogen-bond acceptors (Lipinski definition) is 6. The molecule has 2 atom stereocenters. The number of piperazine rings is 1. The number of aromatic nitrogens is 3. The van der Waals surface area contributed by atoms with Gasteiger partial charge in [0.2, 0.25) is 5.95 Å². The number of halogens is 1.